The summed E-state index contributed by atoms with van der Waals surface area (Å²) in [4.78, 5) is 12.0. The van der Waals surface area contributed by atoms with Gasteiger partial charge in [-0.1, -0.05) is 44.2 Å². The predicted molar refractivity (Wildman–Crippen MR) is 128 cm³/mol. The predicted octanol–water partition coefficient (Wildman–Crippen LogP) is 7.85. The van der Waals surface area contributed by atoms with E-state index >= 15 is 0 Å². The number of aldehydes is 1. The molecule has 0 aliphatic heterocycles. The second-order valence-corrected chi connectivity index (χ2v) is 7.09. The van der Waals surface area contributed by atoms with Gasteiger partial charge in [-0.3, -0.25) is 4.79 Å². The van der Waals surface area contributed by atoms with E-state index in [2.05, 4.69) is 40.6 Å². The van der Waals surface area contributed by atoms with Gasteiger partial charge in [-0.2, -0.15) is 0 Å². The first-order valence-corrected chi connectivity index (χ1v) is 11.2. The zero-order valence-corrected chi connectivity index (χ0v) is 19.6. The van der Waals surface area contributed by atoms with Crippen LogP contribution in [-0.4, -0.2) is 26.0 Å². The number of alkyl halides is 3. The smallest absolute Gasteiger partial charge is 0.405 e. The van der Waals surface area contributed by atoms with E-state index in [-0.39, 0.29) is 5.75 Å². The van der Waals surface area contributed by atoms with Gasteiger partial charge in [0.25, 0.3) is 0 Å². The molecule has 0 aliphatic rings. The first kappa shape index (κ1) is 27.1. The topological polar surface area (TPSA) is 38.3 Å². The summed E-state index contributed by atoms with van der Waals surface area (Å²) in [6.07, 6.45) is -1.98. The molecular weight excluding hydrogens is 435 g/mol. The fraction of sp³-hybridized carbons (Fsp3) is 0.240. The zero-order valence-electron chi connectivity index (χ0n) is 18.8. The fourth-order valence-electron chi connectivity index (χ4n) is 2.72. The highest BCUT2D eigenvalue weighted by molar-refractivity contribution is 7.98. The van der Waals surface area contributed by atoms with Crippen LogP contribution in [0.5, 0.6) is 5.75 Å². The lowest BCUT2D eigenvalue weighted by atomic mass is 9.98. The van der Waals surface area contributed by atoms with Crippen LogP contribution in [0, 0.1) is 6.92 Å². The second-order valence-electron chi connectivity index (χ2n) is 6.21. The van der Waals surface area contributed by atoms with Crippen molar-refractivity contribution in [1.29, 1.82) is 0 Å². The SMILES string of the molecule is CC.CNc1ccc(SC)cc1.Cc1cc(C=O)ccc1-c1ccccc1OC(F)(F)F. The van der Waals surface area contributed by atoms with Crippen molar-refractivity contribution in [3.05, 3.63) is 77.9 Å². The molecule has 0 unspecified atom stereocenters. The monoisotopic (exact) mass is 463 g/mol. The molecule has 0 fully saturated rings. The quantitative estimate of drug-likeness (QED) is 0.309. The van der Waals surface area contributed by atoms with Gasteiger partial charge in [0.05, 0.1) is 0 Å². The lowest BCUT2D eigenvalue weighted by Crippen LogP contribution is -2.17. The van der Waals surface area contributed by atoms with Gasteiger partial charge >= 0.3 is 6.36 Å². The lowest BCUT2D eigenvalue weighted by molar-refractivity contribution is -0.274. The molecule has 172 valence electrons. The molecule has 0 aromatic heterocycles. The highest BCUT2D eigenvalue weighted by Gasteiger charge is 2.32. The number of para-hydroxylation sites is 1. The Morgan fingerprint density at radius 1 is 0.938 bits per heavy atom. The molecule has 0 heterocycles. The summed E-state index contributed by atoms with van der Waals surface area (Å²) in [7, 11) is 1.92. The molecule has 0 atom stereocenters. The van der Waals surface area contributed by atoms with Crippen molar-refractivity contribution in [2.45, 2.75) is 32.0 Å². The van der Waals surface area contributed by atoms with Gasteiger partial charge in [0.15, 0.2) is 0 Å². The van der Waals surface area contributed by atoms with Crippen LogP contribution in [-0.2, 0) is 0 Å². The molecule has 0 aliphatic carbocycles. The van der Waals surface area contributed by atoms with Gasteiger partial charge in [0.2, 0.25) is 0 Å². The summed E-state index contributed by atoms with van der Waals surface area (Å²) in [5, 5.41) is 3.07. The summed E-state index contributed by atoms with van der Waals surface area (Å²) < 4.78 is 41.2. The number of benzene rings is 3. The molecule has 0 bridgehead atoms. The minimum atomic E-state index is -4.74. The van der Waals surface area contributed by atoms with Crippen LogP contribution in [0.25, 0.3) is 11.1 Å². The van der Waals surface area contributed by atoms with Crippen molar-refractivity contribution in [3.8, 4) is 16.9 Å². The van der Waals surface area contributed by atoms with E-state index in [4.69, 9.17) is 0 Å². The summed E-state index contributed by atoms with van der Waals surface area (Å²) >= 11 is 1.76. The molecule has 3 nitrogen and oxygen atoms in total. The minimum absolute atomic E-state index is 0.262. The number of anilines is 1. The molecule has 3 rings (SSSR count). The molecule has 3 aromatic rings. The molecular formula is C25H28F3NO2S. The van der Waals surface area contributed by atoms with Crippen molar-refractivity contribution in [3.63, 3.8) is 0 Å². The van der Waals surface area contributed by atoms with E-state index in [9.17, 15) is 18.0 Å². The Kier molecular flexibility index (Phi) is 11.4. The number of nitrogens with one attached hydrogen (secondary N) is 1. The zero-order chi connectivity index (χ0) is 24.1. The third kappa shape index (κ3) is 8.67. The molecule has 0 amide bonds. The summed E-state index contributed by atoms with van der Waals surface area (Å²) in [5.41, 5.74) is 3.27. The van der Waals surface area contributed by atoms with Crippen molar-refractivity contribution in [2.24, 2.45) is 0 Å². The number of hydrogen-bond acceptors (Lipinski definition) is 4. The third-order valence-electron chi connectivity index (χ3n) is 4.17. The summed E-state index contributed by atoms with van der Waals surface area (Å²) in [6.45, 7) is 5.73. The first-order valence-electron chi connectivity index (χ1n) is 10.00. The molecule has 0 spiro atoms. The number of ether oxygens (including phenoxy) is 1. The van der Waals surface area contributed by atoms with Crippen LogP contribution >= 0.6 is 11.8 Å². The lowest BCUT2D eigenvalue weighted by Gasteiger charge is -2.14. The van der Waals surface area contributed by atoms with Crippen LogP contribution < -0.4 is 10.1 Å². The first-order chi connectivity index (χ1) is 15.3. The summed E-state index contributed by atoms with van der Waals surface area (Å²) in [6, 6.07) is 19.1. The maximum atomic E-state index is 12.4. The van der Waals surface area contributed by atoms with Gasteiger partial charge in [0, 0.05) is 28.8 Å². The average molecular weight is 464 g/mol. The van der Waals surface area contributed by atoms with Gasteiger partial charge in [-0.15, -0.1) is 24.9 Å². The van der Waals surface area contributed by atoms with Crippen LogP contribution in [0.15, 0.2) is 71.6 Å². The largest absolute Gasteiger partial charge is 0.573 e. The molecule has 0 radical (unpaired) electrons. The van der Waals surface area contributed by atoms with Crippen molar-refractivity contribution in [1.82, 2.24) is 0 Å². The molecule has 0 saturated carbocycles. The van der Waals surface area contributed by atoms with Gasteiger partial charge in [0.1, 0.15) is 12.0 Å². The Bertz CT molecular complexity index is 951. The molecule has 1 N–H and O–H groups in total. The number of halogens is 3. The number of rotatable bonds is 5. The highest BCUT2D eigenvalue weighted by Crippen LogP contribution is 2.35. The molecule has 7 heteroatoms. The van der Waals surface area contributed by atoms with E-state index < -0.39 is 6.36 Å². The molecule has 32 heavy (non-hydrogen) atoms. The van der Waals surface area contributed by atoms with E-state index in [1.807, 2.05) is 20.9 Å². The number of carbonyl (C=O) groups is 1. The summed E-state index contributed by atoms with van der Waals surface area (Å²) in [5.74, 6) is -0.262. The van der Waals surface area contributed by atoms with E-state index in [0.29, 0.717) is 28.5 Å². The van der Waals surface area contributed by atoms with Crippen molar-refractivity contribution in [2.75, 3.05) is 18.6 Å². The van der Waals surface area contributed by atoms with E-state index in [0.717, 1.165) is 5.69 Å². The standard InChI is InChI=1S/C15H11F3O2.C8H11NS.C2H6/c1-10-8-11(9-19)6-7-12(10)13-4-2-3-5-14(13)20-15(16,17)18;1-9-7-3-5-8(10-2)6-4-7;1-2/h2-9H,1H3;3-6,9H,1-2H3;1-2H3. The van der Waals surface area contributed by atoms with Gasteiger partial charge < -0.3 is 10.1 Å². The third-order valence-corrected chi connectivity index (χ3v) is 4.91. The minimum Gasteiger partial charge on any atom is -0.405 e. The second kappa shape index (κ2) is 13.5. The Balaban J connectivity index is 0.000000358. The van der Waals surface area contributed by atoms with E-state index in [1.165, 1.54) is 17.0 Å². The highest BCUT2D eigenvalue weighted by atomic mass is 32.2. The van der Waals surface area contributed by atoms with Gasteiger partial charge in [-0.25, -0.2) is 0 Å². The van der Waals surface area contributed by atoms with Crippen LogP contribution in [0.3, 0.4) is 0 Å². The Hall–Kier alpha value is -2.93. The Morgan fingerprint density at radius 3 is 2.06 bits per heavy atom. The number of hydrogen-bond donors (Lipinski definition) is 1. The fourth-order valence-corrected chi connectivity index (χ4v) is 3.13. The van der Waals surface area contributed by atoms with Crippen molar-refractivity contribution < 1.29 is 22.7 Å². The molecule has 0 saturated heterocycles. The normalized spacial score (nSPS) is 10.1. The number of aryl methyl sites for hydroxylation is 1. The average Bonchev–Trinajstić information content (AvgIpc) is 2.80. The van der Waals surface area contributed by atoms with E-state index in [1.54, 1.807) is 49.0 Å². The Morgan fingerprint density at radius 2 is 1.56 bits per heavy atom. The van der Waals surface area contributed by atoms with Crippen LogP contribution in [0.4, 0.5) is 18.9 Å². The maximum Gasteiger partial charge on any atom is 0.573 e. The molecule has 3 aromatic carbocycles. The number of carbonyl (C=O) groups excluding carboxylic acids is 1. The van der Waals surface area contributed by atoms with Crippen LogP contribution in [0.1, 0.15) is 29.8 Å². The number of thioether (sulfide) groups is 1. The maximum absolute atomic E-state index is 12.4. The van der Waals surface area contributed by atoms with Gasteiger partial charge in [-0.05, 0) is 60.7 Å². The Labute approximate surface area is 192 Å². The van der Waals surface area contributed by atoms with Crippen LogP contribution in [0.2, 0.25) is 0 Å². The van der Waals surface area contributed by atoms with Crippen molar-refractivity contribution >= 4 is 23.7 Å².